The van der Waals surface area contributed by atoms with E-state index in [2.05, 4.69) is 55.4 Å². The van der Waals surface area contributed by atoms with E-state index in [1.807, 2.05) is 0 Å². The van der Waals surface area contributed by atoms with E-state index in [4.69, 9.17) is 37.0 Å². The molecular formula is C69H134O17P2. The number of esters is 4. The number of ether oxygens (including phenoxy) is 4. The number of hydrogen-bond acceptors (Lipinski definition) is 15. The molecule has 0 aromatic rings. The van der Waals surface area contributed by atoms with Crippen molar-refractivity contribution in [2.75, 3.05) is 39.6 Å². The Bertz CT molecular complexity index is 1750. The molecule has 0 aliphatic heterocycles. The first-order valence-corrected chi connectivity index (χ1v) is 38.8. The van der Waals surface area contributed by atoms with Crippen LogP contribution in [0.3, 0.4) is 0 Å². The van der Waals surface area contributed by atoms with Crippen molar-refractivity contribution >= 4 is 39.5 Å². The maximum atomic E-state index is 13.0. The number of phosphoric ester groups is 2. The fourth-order valence-electron chi connectivity index (χ4n) is 10.2. The summed E-state index contributed by atoms with van der Waals surface area (Å²) in [7, 11) is -9.90. The van der Waals surface area contributed by atoms with E-state index >= 15 is 0 Å². The average Bonchev–Trinajstić information content (AvgIpc) is 3.70. The summed E-state index contributed by atoms with van der Waals surface area (Å²) in [5.41, 5.74) is 0. The molecule has 0 heterocycles. The molecular weight excluding hydrogens is 1160 g/mol. The fraction of sp³-hybridized carbons (Fsp3) is 0.942. The second-order valence-electron chi connectivity index (χ2n) is 26.1. The molecule has 0 fully saturated rings. The summed E-state index contributed by atoms with van der Waals surface area (Å²) in [6.45, 7) is 14.1. The molecule has 0 rings (SSSR count). The van der Waals surface area contributed by atoms with Crippen LogP contribution in [0.5, 0.6) is 0 Å². The molecule has 0 spiro atoms. The van der Waals surface area contributed by atoms with Crippen LogP contribution >= 0.6 is 15.6 Å². The number of phosphoric acid groups is 2. The predicted octanol–water partition coefficient (Wildman–Crippen LogP) is 19.3. The first kappa shape index (κ1) is 86.1. The van der Waals surface area contributed by atoms with E-state index in [0.717, 1.165) is 120 Å². The molecule has 17 nitrogen and oxygen atoms in total. The van der Waals surface area contributed by atoms with Gasteiger partial charge in [-0.25, -0.2) is 9.13 Å². The smallest absolute Gasteiger partial charge is 0.462 e. The van der Waals surface area contributed by atoms with Gasteiger partial charge in [-0.3, -0.25) is 37.3 Å². The van der Waals surface area contributed by atoms with Gasteiger partial charge in [-0.05, 0) is 49.4 Å². The minimum absolute atomic E-state index is 0.102. The van der Waals surface area contributed by atoms with Crippen molar-refractivity contribution in [3.8, 4) is 0 Å². The lowest BCUT2D eigenvalue weighted by molar-refractivity contribution is -0.161. The first-order valence-electron chi connectivity index (χ1n) is 35.8. The number of aliphatic hydroxyl groups is 1. The van der Waals surface area contributed by atoms with E-state index in [1.165, 1.54) is 135 Å². The molecule has 0 aromatic heterocycles. The van der Waals surface area contributed by atoms with Crippen molar-refractivity contribution in [1.82, 2.24) is 0 Å². The quantitative estimate of drug-likeness (QED) is 0.0222. The highest BCUT2D eigenvalue weighted by Gasteiger charge is 2.30. The van der Waals surface area contributed by atoms with Gasteiger partial charge in [-0.1, -0.05) is 287 Å². The van der Waals surface area contributed by atoms with Gasteiger partial charge in [0.15, 0.2) is 12.2 Å². The molecule has 88 heavy (non-hydrogen) atoms. The molecule has 0 aliphatic rings. The van der Waals surface area contributed by atoms with Gasteiger partial charge in [0, 0.05) is 25.7 Å². The zero-order chi connectivity index (χ0) is 65.4. The Morgan fingerprint density at radius 2 is 0.545 bits per heavy atom. The van der Waals surface area contributed by atoms with Gasteiger partial charge in [-0.2, -0.15) is 0 Å². The Morgan fingerprint density at radius 1 is 0.318 bits per heavy atom. The lowest BCUT2D eigenvalue weighted by Crippen LogP contribution is -2.30. The van der Waals surface area contributed by atoms with Gasteiger partial charge >= 0.3 is 39.5 Å². The van der Waals surface area contributed by atoms with Crippen LogP contribution < -0.4 is 0 Å². The van der Waals surface area contributed by atoms with Gasteiger partial charge in [0.1, 0.15) is 19.3 Å². The van der Waals surface area contributed by atoms with Crippen LogP contribution in [0.4, 0.5) is 0 Å². The highest BCUT2D eigenvalue weighted by molar-refractivity contribution is 7.47. The number of aliphatic hydroxyl groups excluding tert-OH is 1. The standard InChI is InChI=1S/C69H134O17P2/c1-9-60(6)46-38-30-22-19-20-23-33-41-49-66(71)79-55-65(86-69(74)52-44-36-28-26-32-40-48-62(8)11-3)58-84-88(77,78)82-54-63(70)53-81-87(75,76)83-57-64(56-80-67(72)50-42-34-27-25-31-39-47-61(7)10-2)85-68(73)51-43-35-24-18-16-14-12-13-15-17-21-29-37-45-59(4)5/h59-65,70H,9-58H2,1-8H3,(H,75,76)(H,77,78)/t60?,61?,62?,63-,64+,65+/m0/s1. The van der Waals surface area contributed by atoms with Crippen LogP contribution in [0.25, 0.3) is 0 Å². The van der Waals surface area contributed by atoms with Crippen molar-refractivity contribution in [2.45, 2.75) is 356 Å². The van der Waals surface area contributed by atoms with Gasteiger partial charge in [0.05, 0.1) is 26.4 Å². The van der Waals surface area contributed by atoms with Crippen molar-refractivity contribution in [2.24, 2.45) is 23.7 Å². The van der Waals surface area contributed by atoms with Crippen LogP contribution in [0, 0.1) is 23.7 Å². The Hall–Kier alpha value is -1.94. The molecule has 0 saturated heterocycles. The lowest BCUT2D eigenvalue weighted by atomic mass is 9.99. The summed E-state index contributed by atoms with van der Waals surface area (Å²) in [4.78, 5) is 72.5. The van der Waals surface area contributed by atoms with Crippen molar-refractivity contribution in [3.63, 3.8) is 0 Å². The minimum Gasteiger partial charge on any atom is -0.462 e. The Labute approximate surface area is 537 Å². The highest BCUT2D eigenvalue weighted by Crippen LogP contribution is 2.45. The first-order chi connectivity index (χ1) is 42.2. The lowest BCUT2D eigenvalue weighted by Gasteiger charge is -2.21. The third-order valence-electron chi connectivity index (χ3n) is 16.9. The molecule has 0 amide bonds. The zero-order valence-corrected chi connectivity index (χ0v) is 59.1. The number of carbonyl (C=O) groups is 4. The maximum Gasteiger partial charge on any atom is 0.472 e. The zero-order valence-electron chi connectivity index (χ0n) is 57.3. The van der Waals surface area contributed by atoms with E-state index in [-0.39, 0.29) is 25.7 Å². The van der Waals surface area contributed by atoms with E-state index in [9.17, 15) is 43.2 Å². The van der Waals surface area contributed by atoms with Crippen LogP contribution in [0.2, 0.25) is 0 Å². The summed E-state index contributed by atoms with van der Waals surface area (Å²) < 4.78 is 68.2. The molecule has 8 atom stereocenters. The van der Waals surface area contributed by atoms with Crippen LogP contribution in [-0.4, -0.2) is 96.7 Å². The molecule has 0 aliphatic carbocycles. The maximum absolute atomic E-state index is 13.0. The normalized spacial score (nSPS) is 15.2. The van der Waals surface area contributed by atoms with Crippen molar-refractivity contribution < 1.29 is 80.2 Å². The van der Waals surface area contributed by atoms with Gasteiger partial charge in [-0.15, -0.1) is 0 Å². The molecule has 0 bridgehead atoms. The predicted molar refractivity (Wildman–Crippen MR) is 354 cm³/mol. The largest absolute Gasteiger partial charge is 0.472 e. The summed E-state index contributed by atoms with van der Waals surface area (Å²) in [5, 5.41) is 10.6. The average molecular weight is 1300 g/mol. The minimum atomic E-state index is -4.95. The topological polar surface area (TPSA) is 237 Å². The third-order valence-corrected chi connectivity index (χ3v) is 18.8. The fourth-order valence-corrected chi connectivity index (χ4v) is 11.8. The number of rotatable bonds is 66. The third kappa shape index (κ3) is 59.1. The summed E-state index contributed by atoms with van der Waals surface area (Å²) in [5.74, 6) is 0.881. The molecule has 5 unspecified atom stereocenters. The molecule has 19 heteroatoms. The number of hydrogen-bond donors (Lipinski definition) is 3. The molecule has 0 saturated carbocycles. The van der Waals surface area contributed by atoms with E-state index < -0.39 is 97.5 Å². The highest BCUT2D eigenvalue weighted by atomic mass is 31.2. The number of unbranched alkanes of at least 4 members (excludes halogenated alkanes) is 29. The summed E-state index contributed by atoms with van der Waals surface area (Å²) >= 11 is 0. The van der Waals surface area contributed by atoms with E-state index in [0.29, 0.717) is 25.7 Å². The molecule has 522 valence electrons. The Kier molecular flexibility index (Phi) is 57.6. The van der Waals surface area contributed by atoms with Crippen LogP contribution in [-0.2, 0) is 65.4 Å². The summed E-state index contributed by atoms with van der Waals surface area (Å²) in [6.07, 6.45) is 40.3. The Balaban J connectivity index is 5.25. The van der Waals surface area contributed by atoms with Crippen LogP contribution in [0.15, 0.2) is 0 Å². The Morgan fingerprint density at radius 3 is 0.807 bits per heavy atom. The van der Waals surface area contributed by atoms with Crippen LogP contribution in [0.1, 0.15) is 338 Å². The second kappa shape index (κ2) is 58.8. The van der Waals surface area contributed by atoms with E-state index in [1.54, 1.807) is 0 Å². The molecule has 3 N–H and O–H groups in total. The van der Waals surface area contributed by atoms with Gasteiger partial charge < -0.3 is 33.8 Å². The monoisotopic (exact) mass is 1300 g/mol. The van der Waals surface area contributed by atoms with Crippen molar-refractivity contribution in [3.05, 3.63) is 0 Å². The molecule has 0 aromatic carbocycles. The second-order valence-corrected chi connectivity index (χ2v) is 29.0. The van der Waals surface area contributed by atoms with Gasteiger partial charge in [0.25, 0.3) is 0 Å². The van der Waals surface area contributed by atoms with Gasteiger partial charge in [0.2, 0.25) is 0 Å². The SMILES string of the molecule is CCC(C)CCCCCCCCCCC(=O)OC[C@H](COP(=O)(O)OC[C@@H](O)COP(=O)(O)OC[C@@H](COC(=O)CCCCCCCCC(C)CC)OC(=O)CCCCCCCCCCCCCCCC(C)C)OC(=O)CCCCCCCCC(C)CC. The van der Waals surface area contributed by atoms with Crippen molar-refractivity contribution in [1.29, 1.82) is 0 Å². The summed E-state index contributed by atoms with van der Waals surface area (Å²) in [6, 6.07) is 0. The molecule has 0 radical (unpaired) electrons. The number of carbonyl (C=O) groups excluding carboxylic acids is 4.